The van der Waals surface area contributed by atoms with Crippen molar-refractivity contribution < 1.29 is 19.0 Å². The van der Waals surface area contributed by atoms with Gasteiger partial charge >= 0.3 is 0 Å². The van der Waals surface area contributed by atoms with Crippen LogP contribution < -0.4 is 19.5 Å². The van der Waals surface area contributed by atoms with Crippen LogP contribution in [0.5, 0.6) is 17.2 Å². The molecule has 0 aromatic heterocycles. The molecule has 0 fully saturated rings. The first kappa shape index (κ1) is 20.6. The number of methoxy groups -OCH3 is 2. The van der Waals surface area contributed by atoms with Crippen LogP contribution in [0.15, 0.2) is 42.5 Å². The summed E-state index contributed by atoms with van der Waals surface area (Å²) in [7, 11) is 3.06. The molecule has 2 aromatic rings. The minimum atomic E-state index is -0.184. The summed E-state index contributed by atoms with van der Waals surface area (Å²) >= 11 is 6.15. The highest BCUT2D eigenvalue weighted by Gasteiger charge is 2.09. The van der Waals surface area contributed by atoms with Crippen molar-refractivity contribution in [1.82, 2.24) is 5.32 Å². The molecular weight excluding hydrogens is 366 g/mol. The number of halogens is 1. The van der Waals surface area contributed by atoms with Gasteiger partial charge in [0.25, 0.3) is 0 Å². The van der Waals surface area contributed by atoms with Gasteiger partial charge in [0.1, 0.15) is 5.75 Å². The zero-order valence-electron chi connectivity index (χ0n) is 15.8. The minimum absolute atomic E-state index is 0.184. The van der Waals surface area contributed by atoms with Gasteiger partial charge in [-0.05, 0) is 54.8 Å². The van der Waals surface area contributed by atoms with E-state index in [0.29, 0.717) is 29.7 Å². The Morgan fingerprint density at radius 2 is 2.00 bits per heavy atom. The molecule has 0 heterocycles. The summed E-state index contributed by atoms with van der Waals surface area (Å²) < 4.78 is 16.1. The molecule has 0 spiro atoms. The molecule has 2 rings (SSSR count). The number of benzene rings is 2. The zero-order chi connectivity index (χ0) is 19.6. The summed E-state index contributed by atoms with van der Waals surface area (Å²) in [6, 6.07) is 11.3. The number of carbonyl (C=O) groups is 1. The van der Waals surface area contributed by atoms with E-state index in [1.807, 2.05) is 31.2 Å². The van der Waals surface area contributed by atoms with E-state index in [1.165, 1.54) is 20.3 Å². The molecule has 0 atom stereocenters. The Bertz CT molecular complexity index is 805. The number of hydrogen-bond acceptors (Lipinski definition) is 4. The fraction of sp³-hybridized carbons (Fsp3) is 0.286. The van der Waals surface area contributed by atoms with E-state index in [4.69, 9.17) is 25.8 Å². The number of nitrogens with one attached hydrogen (secondary N) is 1. The maximum Gasteiger partial charge on any atom is 0.244 e. The SMILES string of the molecule is COc1cc(/C=C/C(=O)NCCCOc2cccc(C)c2)cc(Cl)c1OC. The van der Waals surface area contributed by atoms with Crippen molar-refractivity contribution in [1.29, 1.82) is 0 Å². The van der Waals surface area contributed by atoms with Gasteiger partial charge in [-0.15, -0.1) is 0 Å². The van der Waals surface area contributed by atoms with E-state index >= 15 is 0 Å². The molecule has 0 aliphatic carbocycles. The normalized spacial score (nSPS) is 10.7. The second-order valence-electron chi connectivity index (χ2n) is 5.88. The first-order valence-electron chi connectivity index (χ1n) is 8.60. The third-order valence-electron chi connectivity index (χ3n) is 3.76. The van der Waals surface area contributed by atoms with Gasteiger partial charge in [0.2, 0.25) is 5.91 Å². The third-order valence-corrected chi connectivity index (χ3v) is 4.04. The molecule has 27 heavy (non-hydrogen) atoms. The Balaban J connectivity index is 1.77. The van der Waals surface area contributed by atoms with Crippen molar-refractivity contribution in [2.45, 2.75) is 13.3 Å². The van der Waals surface area contributed by atoms with E-state index in [0.717, 1.165) is 23.3 Å². The molecule has 0 aliphatic heterocycles. The average molecular weight is 390 g/mol. The number of hydrogen-bond donors (Lipinski definition) is 1. The van der Waals surface area contributed by atoms with Crippen LogP contribution in [-0.2, 0) is 4.79 Å². The Kier molecular flexibility index (Phi) is 8.01. The Morgan fingerprint density at radius 3 is 2.70 bits per heavy atom. The van der Waals surface area contributed by atoms with Crippen molar-refractivity contribution in [2.24, 2.45) is 0 Å². The molecule has 0 saturated heterocycles. The van der Waals surface area contributed by atoms with Crippen molar-refractivity contribution in [2.75, 3.05) is 27.4 Å². The summed E-state index contributed by atoms with van der Waals surface area (Å²) in [5, 5.41) is 3.24. The first-order valence-corrected chi connectivity index (χ1v) is 8.98. The zero-order valence-corrected chi connectivity index (χ0v) is 16.5. The minimum Gasteiger partial charge on any atom is -0.494 e. The first-order chi connectivity index (χ1) is 13.0. The highest BCUT2D eigenvalue weighted by Crippen LogP contribution is 2.36. The molecule has 144 valence electrons. The van der Waals surface area contributed by atoms with E-state index in [1.54, 1.807) is 18.2 Å². The standard InChI is InChI=1S/C21H24ClNO4/c1-15-6-4-7-17(12-15)27-11-5-10-23-20(24)9-8-16-13-18(22)21(26-3)19(14-16)25-2/h4,6-9,12-14H,5,10-11H2,1-3H3,(H,23,24)/b9-8+. The van der Waals surface area contributed by atoms with Gasteiger partial charge in [-0.3, -0.25) is 4.79 Å². The van der Waals surface area contributed by atoms with Crippen LogP contribution in [0.3, 0.4) is 0 Å². The van der Waals surface area contributed by atoms with Crippen LogP contribution >= 0.6 is 11.6 Å². The summed E-state index contributed by atoms with van der Waals surface area (Å²) in [4.78, 5) is 11.9. The van der Waals surface area contributed by atoms with Crippen LogP contribution in [-0.4, -0.2) is 33.3 Å². The predicted molar refractivity (Wildman–Crippen MR) is 108 cm³/mol. The van der Waals surface area contributed by atoms with Crippen LogP contribution in [0.2, 0.25) is 5.02 Å². The lowest BCUT2D eigenvalue weighted by Gasteiger charge is -2.10. The molecular formula is C21H24ClNO4. The average Bonchev–Trinajstić information content (AvgIpc) is 2.65. The summed E-state index contributed by atoms with van der Waals surface area (Å²) in [5.74, 6) is 1.63. The molecule has 0 aliphatic rings. The summed E-state index contributed by atoms with van der Waals surface area (Å²) in [6.45, 7) is 3.09. The summed E-state index contributed by atoms with van der Waals surface area (Å²) in [5.41, 5.74) is 1.90. The van der Waals surface area contributed by atoms with Gasteiger partial charge in [-0.25, -0.2) is 0 Å². The number of ether oxygens (including phenoxy) is 3. The maximum atomic E-state index is 11.9. The molecule has 0 saturated carbocycles. The highest BCUT2D eigenvalue weighted by molar-refractivity contribution is 6.32. The molecule has 6 heteroatoms. The van der Waals surface area contributed by atoms with Crippen molar-refractivity contribution >= 4 is 23.6 Å². The number of aryl methyl sites for hydroxylation is 1. The van der Waals surface area contributed by atoms with Gasteiger partial charge in [0.05, 0.1) is 25.8 Å². The van der Waals surface area contributed by atoms with Crippen LogP contribution in [0, 0.1) is 6.92 Å². The van der Waals surface area contributed by atoms with Crippen molar-refractivity contribution in [3.8, 4) is 17.2 Å². The Hall–Kier alpha value is -2.66. The number of carbonyl (C=O) groups excluding carboxylic acids is 1. The fourth-order valence-electron chi connectivity index (χ4n) is 2.44. The van der Waals surface area contributed by atoms with Gasteiger partial charge in [0, 0.05) is 12.6 Å². The van der Waals surface area contributed by atoms with Crippen LogP contribution in [0.1, 0.15) is 17.5 Å². The van der Waals surface area contributed by atoms with Crippen LogP contribution in [0.25, 0.3) is 6.08 Å². The topological polar surface area (TPSA) is 56.8 Å². The van der Waals surface area contributed by atoms with Gasteiger partial charge < -0.3 is 19.5 Å². The Labute approximate surface area is 164 Å². The van der Waals surface area contributed by atoms with Gasteiger partial charge in [-0.2, -0.15) is 0 Å². The van der Waals surface area contributed by atoms with Crippen molar-refractivity contribution in [3.05, 3.63) is 58.6 Å². The smallest absolute Gasteiger partial charge is 0.244 e. The molecule has 2 aromatic carbocycles. The quantitative estimate of drug-likeness (QED) is 0.514. The monoisotopic (exact) mass is 389 g/mol. The molecule has 0 unspecified atom stereocenters. The third kappa shape index (κ3) is 6.53. The molecule has 1 amide bonds. The highest BCUT2D eigenvalue weighted by atomic mass is 35.5. The lowest BCUT2D eigenvalue weighted by atomic mass is 10.2. The molecule has 0 bridgehead atoms. The van der Waals surface area contributed by atoms with E-state index in [2.05, 4.69) is 5.32 Å². The number of rotatable bonds is 9. The molecule has 0 radical (unpaired) electrons. The lowest BCUT2D eigenvalue weighted by Crippen LogP contribution is -2.23. The van der Waals surface area contributed by atoms with E-state index < -0.39 is 0 Å². The second-order valence-corrected chi connectivity index (χ2v) is 6.29. The largest absolute Gasteiger partial charge is 0.494 e. The molecule has 1 N–H and O–H groups in total. The fourth-order valence-corrected chi connectivity index (χ4v) is 2.74. The maximum absolute atomic E-state index is 11.9. The van der Waals surface area contributed by atoms with E-state index in [9.17, 15) is 4.79 Å². The molecule has 5 nitrogen and oxygen atoms in total. The lowest BCUT2D eigenvalue weighted by molar-refractivity contribution is -0.116. The van der Waals surface area contributed by atoms with Gasteiger partial charge in [-0.1, -0.05) is 23.7 Å². The van der Waals surface area contributed by atoms with E-state index in [-0.39, 0.29) is 5.91 Å². The van der Waals surface area contributed by atoms with Crippen molar-refractivity contribution in [3.63, 3.8) is 0 Å². The van der Waals surface area contributed by atoms with Gasteiger partial charge in [0.15, 0.2) is 11.5 Å². The predicted octanol–water partition coefficient (Wildman–Crippen LogP) is 4.26. The summed E-state index contributed by atoms with van der Waals surface area (Å²) in [6.07, 6.45) is 3.85. The number of amides is 1. The van der Waals surface area contributed by atoms with Crippen LogP contribution in [0.4, 0.5) is 0 Å². The second kappa shape index (κ2) is 10.5. The Morgan fingerprint density at radius 1 is 1.19 bits per heavy atom.